The molecule has 2 rings (SSSR count). The topological polar surface area (TPSA) is 323 Å². The molecule has 0 N–H and O–H groups in total. The van der Waals surface area contributed by atoms with Crippen molar-refractivity contribution < 1.29 is 318 Å². The minimum Gasteiger partial charge on any atom is -2.00 e. The predicted octanol–water partition coefficient (Wildman–Crippen LogP) is 9.41. The maximum Gasteiger partial charge on any atom is 1.00 e. The quantitative estimate of drug-likeness (QED) is 0.0808. The predicted molar refractivity (Wildman–Crippen MR) is 467 cm³/mol. The molecule has 0 saturated carbocycles. The van der Waals surface area contributed by atoms with Crippen LogP contribution in [0.25, 0.3) is 0 Å². The van der Waals surface area contributed by atoms with Crippen molar-refractivity contribution in [3.63, 3.8) is 0 Å². The summed E-state index contributed by atoms with van der Waals surface area (Å²) in [4.78, 5) is 75.3. The second-order valence-electron chi connectivity index (χ2n) is 43.1. The summed E-state index contributed by atoms with van der Waals surface area (Å²) in [7, 11) is -23.4. The molecule has 0 aromatic heterocycles. The van der Waals surface area contributed by atoms with Gasteiger partial charge >= 0.3 is 192 Å². The maximum absolute atomic E-state index is 12.6. The van der Waals surface area contributed by atoms with Crippen LogP contribution in [0.4, 0.5) is 0 Å². The Hall–Kier alpha value is 7.17. The van der Waals surface area contributed by atoms with Crippen molar-refractivity contribution in [3.8, 4) is 0 Å². The molecule has 0 aliphatic carbocycles. The van der Waals surface area contributed by atoms with Gasteiger partial charge in [0.2, 0.25) is 0 Å². The number of hydrogen-bond donors (Lipinski definition) is 0. The monoisotopic (exact) mass is 2530 g/mol. The summed E-state index contributed by atoms with van der Waals surface area (Å²) in [6.45, 7) is 98.3. The number of rotatable bonds is 20. The first-order valence-corrected chi connectivity index (χ1v) is 48.5. The van der Waals surface area contributed by atoms with E-state index in [1.807, 2.05) is 332 Å². The van der Waals surface area contributed by atoms with Crippen LogP contribution in [-0.4, -0.2) is 170 Å². The van der Waals surface area contributed by atoms with Crippen LogP contribution in [0.15, 0.2) is 0 Å². The molecule has 712 valence electrons. The number of ether oxygens (including phenoxy) is 2. The van der Waals surface area contributed by atoms with E-state index in [1.54, 1.807) is 27.7 Å². The molecule has 2 aliphatic rings. The Bertz CT molecular complexity index is 1950. The van der Waals surface area contributed by atoms with Crippen LogP contribution in [-0.2, 0) is 116 Å². The van der Waals surface area contributed by atoms with Gasteiger partial charge in [0.15, 0.2) is 0 Å². The van der Waals surface area contributed by atoms with E-state index in [0.717, 1.165) is 26.4 Å². The van der Waals surface area contributed by atoms with Crippen LogP contribution in [0.2, 0.25) is 0 Å². The van der Waals surface area contributed by atoms with E-state index in [0.29, 0.717) is 12.2 Å². The van der Waals surface area contributed by atoms with Crippen LogP contribution >= 0.6 is 0 Å². The molecule has 38 heteroatoms. The van der Waals surface area contributed by atoms with Crippen molar-refractivity contribution in [1.82, 2.24) is 0 Å². The maximum atomic E-state index is 12.6. The summed E-state index contributed by atoms with van der Waals surface area (Å²) in [6.07, 6.45) is 6.24. The smallest absolute Gasteiger partial charge is 1.00 e. The first kappa shape index (κ1) is 156. The molecule has 26 nitrogen and oxygen atoms in total. The molecule has 0 aromatic rings. The Kier molecular flexibility index (Phi) is 83.1. The van der Waals surface area contributed by atoms with Crippen LogP contribution in [0.1, 0.15) is 386 Å². The van der Waals surface area contributed by atoms with Crippen molar-refractivity contribution in [1.29, 1.82) is 0 Å². The van der Waals surface area contributed by atoms with E-state index < -0.39 is 144 Å². The molecule has 118 heavy (non-hydrogen) atoms. The average molecular weight is 2530 g/mol. The Balaban J connectivity index is -0.0000000881. The molecule has 0 radical (unpaired) electrons. The zero-order chi connectivity index (χ0) is 90.0. The SMILES string of the molecule is C1CCOC1.C1CCOC1.CC(C)(C)O[Si]([O-])(OC(C)(C)C)OC(C)(C)C.CC(C)(C)O[Si]([O-])(OC(C)(C)C)OC(C)(C)C.CC(C)(C)O[Si]([O-])(OC(C)(C)C)OC(C)(C)C.CC(C)(C)O[Si]([O-])(OC(C)(C)C)OC(C)(C)C.C[C-](C)O[Si]([O-])(OC(C)(C)C)OC(C)(C)C.C[C-](C)O[Si]([O-])(OC(C)(C)C)OC(C)(C)C.[CH3-].[CH3-].[Cs+].[Cs+].[S-2].[S-2].[U].[U]. The van der Waals surface area contributed by atoms with Crippen LogP contribution < -0.4 is 167 Å². The van der Waals surface area contributed by atoms with E-state index in [9.17, 15) is 28.8 Å². The Morgan fingerprint density at radius 2 is 0.271 bits per heavy atom. The zero-order valence-corrected chi connectivity index (χ0v) is 115. The second kappa shape index (κ2) is 62.8. The second-order valence-corrected chi connectivity index (χ2v) is 52.8. The third kappa shape index (κ3) is 121. The molecule has 0 unspecified atom stereocenters. The zero-order valence-electron chi connectivity index (χ0n) is 86.1. The van der Waals surface area contributed by atoms with Gasteiger partial charge in [-0.15, -0.1) is 0 Å². The van der Waals surface area contributed by atoms with Crippen LogP contribution in [0, 0.1) is 89.3 Å². The summed E-state index contributed by atoms with van der Waals surface area (Å²) in [5.74, 6) is 0. The molecule has 2 heterocycles. The molecule has 2 fully saturated rings. The summed E-state index contributed by atoms with van der Waals surface area (Å²) in [5, 5.41) is 0. The Morgan fingerprint density at radius 1 is 0.195 bits per heavy atom. The minimum absolute atomic E-state index is 0. The fourth-order valence-electron chi connectivity index (χ4n) is 7.90. The van der Waals surface area contributed by atoms with Gasteiger partial charge in [-0.25, -0.2) is 12.2 Å². The van der Waals surface area contributed by atoms with Crippen LogP contribution in [0.3, 0.4) is 0 Å². The molecular formula is C80H178Cs2O26S2Si6U2-12. The Morgan fingerprint density at radius 3 is 0.322 bits per heavy atom. The largest absolute Gasteiger partial charge is 2.00 e. The molecule has 2 saturated heterocycles. The van der Waals surface area contributed by atoms with Crippen molar-refractivity contribution in [3.05, 3.63) is 27.1 Å². The summed E-state index contributed by atoms with van der Waals surface area (Å²) in [6, 6.07) is 0. The van der Waals surface area contributed by atoms with Crippen molar-refractivity contribution in [2.24, 2.45) is 0 Å². The third-order valence-electron chi connectivity index (χ3n) is 9.21. The molecule has 0 spiro atoms. The number of hydrogen-bond acceptors (Lipinski definition) is 26. The van der Waals surface area contributed by atoms with E-state index in [2.05, 4.69) is 0 Å². The molecule has 0 atom stereocenters. The first-order valence-electron chi connectivity index (χ1n) is 38.7. The van der Waals surface area contributed by atoms with E-state index in [4.69, 9.17) is 89.1 Å². The summed E-state index contributed by atoms with van der Waals surface area (Å²) >= 11 is 0. The van der Waals surface area contributed by atoms with Gasteiger partial charge in [0.25, 0.3) is 0 Å². The normalized spacial score (nSPS) is 14.7. The van der Waals surface area contributed by atoms with Gasteiger partial charge in [0, 0.05) is 88.7 Å². The average Bonchev–Trinajstić information content (AvgIpc) is 0.981. The minimum atomic E-state index is -3.91. The fraction of sp³-hybridized carbons (Fsp3) is 0.950. The van der Waals surface area contributed by atoms with Gasteiger partial charge in [-0.05, 0) is 358 Å². The van der Waals surface area contributed by atoms with E-state index >= 15 is 0 Å². The summed E-state index contributed by atoms with van der Waals surface area (Å²) < 4.78 is 108. The molecule has 2 aliphatic heterocycles. The van der Waals surface area contributed by atoms with Gasteiger partial charge in [-0.3, -0.25) is 0 Å². The van der Waals surface area contributed by atoms with Gasteiger partial charge < -0.3 is 160 Å². The van der Waals surface area contributed by atoms with Crippen molar-refractivity contribution >= 4 is 81.3 Å². The van der Waals surface area contributed by atoms with Crippen molar-refractivity contribution in [2.45, 2.75) is 475 Å². The molecule has 0 bridgehead atoms. The standard InChI is InChI=1S/4C12H27O4Si.2C11H24O4Si.2C4H8O.2CH3.2Cs.2S.2U/c4*1-10(2,3)14-17(13,15-11(4,5)6)16-12(7,8)9;2*1-9(2)13-16(12,14-10(3,4)5)15-11(6,7)8;2*1-2-4-5-3-1;;;;;;;;/h4*1-9H3;2*1-8H3;2*1-4H2;2*1H3;;;;;;/q4*-1;2*-2;;;2*-1;2*+1;2*-2;;. The van der Waals surface area contributed by atoms with Gasteiger partial charge in [0.05, 0.1) is 89.6 Å². The molecular weight excluding hydrogens is 2350 g/mol. The summed E-state index contributed by atoms with van der Waals surface area (Å²) in [5.41, 5.74) is -9.25. The Labute approximate surface area is 914 Å². The third-order valence-corrected chi connectivity index (χ3v) is 24.3. The molecule has 0 aromatic carbocycles. The molecule has 0 amide bonds. The van der Waals surface area contributed by atoms with Crippen LogP contribution in [0.5, 0.6) is 0 Å². The van der Waals surface area contributed by atoms with Gasteiger partial charge in [-0.1, -0.05) is 0 Å². The van der Waals surface area contributed by atoms with Crippen molar-refractivity contribution in [2.75, 3.05) is 26.4 Å². The van der Waals surface area contributed by atoms with E-state index in [1.165, 1.54) is 25.7 Å². The van der Waals surface area contributed by atoms with Gasteiger partial charge in [0.1, 0.15) is 0 Å². The van der Waals surface area contributed by atoms with Gasteiger partial charge in [-0.2, -0.15) is 27.7 Å². The fourth-order valence-corrected chi connectivity index (χ4v) is 21.6. The van der Waals surface area contributed by atoms with E-state index in [-0.39, 0.29) is 242 Å². The first-order chi connectivity index (χ1) is 47.1.